The molecule has 0 bridgehead atoms. The van der Waals surface area contributed by atoms with Crippen LogP contribution in [0.5, 0.6) is 0 Å². The fourth-order valence-corrected chi connectivity index (χ4v) is 3.02. The Morgan fingerprint density at radius 2 is 1.90 bits per heavy atom. The molecule has 1 atom stereocenters. The number of hydrogen-bond donors (Lipinski definition) is 1. The first-order valence-electron chi connectivity index (χ1n) is 8.45. The number of nitrogens with zero attached hydrogens (tertiary/aromatic N) is 2. The highest BCUT2D eigenvalue weighted by Crippen LogP contribution is 2.19. The SMILES string of the molecule is CCCCC/C=C/CCCC1=NCC[N+]1(CC)CCO. The summed E-state index contributed by atoms with van der Waals surface area (Å²) in [5.41, 5.74) is 0. The van der Waals surface area contributed by atoms with Gasteiger partial charge < -0.3 is 5.11 Å². The van der Waals surface area contributed by atoms with E-state index >= 15 is 0 Å². The van der Waals surface area contributed by atoms with E-state index in [-0.39, 0.29) is 6.61 Å². The molecule has 0 aromatic heterocycles. The van der Waals surface area contributed by atoms with Crippen molar-refractivity contribution < 1.29 is 9.59 Å². The van der Waals surface area contributed by atoms with Gasteiger partial charge in [0, 0.05) is 6.42 Å². The zero-order valence-corrected chi connectivity index (χ0v) is 13.5. The van der Waals surface area contributed by atoms with Gasteiger partial charge in [-0.05, 0) is 32.6 Å². The van der Waals surface area contributed by atoms with Crippen molar-refractivity contribution in [2.45, 2.75) is 58.8 Å². The van der Waals surface area contributed by atoms with E-state index in [4.69, 9.17) is 4.99 Å². The van der Waals surface area contributed by atoms with Crippen LogP contribution in [0.4, 0.5) is 0 Å². The van der Waals surface area contributed by atoms with Crippen LogP contribution in [-0.2, 0) is 0 Å². The van der Waals surface area contributed by atoms with E-state index in [1.54, 1.807) is 0 Å². The molecule has 1 aliphatic rings. The number of likely N-dealkylation sites (N-methyl/N-ethyl adjacent to an activating group) is 1. The van der Waals surface area contributed by atoms with Crippen LogP contribution in [0.25, 0.3) is 0 Å². The van der Waals surface area contributed by atoms with Gasteiger partial charge in [-0.25, -0.2) is 4.99 Å². The molecule has 0 aromatic rings. The lowest BCUT2D eigenvalue weighted by atomic mass is 10.1. The van der Waals surface area contributed by atoms with E-state index in [9.17, 15) is 5.11 Å². The largest absolute Gasteiger partial charge is 0.390 e. The number of aliphatic hydroxyl groups excluding tert-OH is 1. The highest BCUT2D eigenvalue weighted by atomic mass is 16.3. The summed E-state index contributed by atoms with van der Waals surface area (Å²) in [6, 6.07) is 0. The summed E-state index contributed by atoms with van der Waals surface area (Å²) in [5, 5.41) is 9.27. The predicted molar refractivity (Wildman–Crippen MR) is 87.1 cm³/mol. The fraction of sp³-hybridized carbons (Fsp3) is 0.824. The van der Waals surface area contributed by atoms with Crippen LogP contribution in [0.1, 0.15) is 58.8 Å². The van der Waals surface area contributed by atoms with Gasteiger partial charge in [-0.1, -0.05) is 31.9 Å². The lowest BCUT2D eigenvalue weighted by Gasteiger charge is -2.33. The van der Waals surface area contributed by atoms with Crippen LogP contribution in [0.15, 0.2) is 17.1 Å². The van der Waals surface area contributed by atoms with Crippen molar-refractivity contribution in [2.75, 3.05) is 32.8 Å². The van der Waals surface area contributed by atoms with E-state index in [0.29, 0.717) is 0 Å². The molecule has 0 spiro atoms. The first-order valence-corrected chi connectivity index (χ1v) is 8.45. The minimum atomic E-state index is 0.268. The highest BCUT2D eigenvalue weighted by Gasteiger charge is 2.35. The molecule has 116 valence electrons. The second-order valence-electron chi connectivity index (χ2n) is 5.79. The molecule has 1 aliphatic heterocycles. The summed E-state index contributed by atoms with van der Waals surface area (Å²) in [6.07, 6.45) is 13.3. The Labute approximate surface area is 125 Å². The minimum Gasteiger partial charge on any atom is -0.390 e. The average Bonchev–Trinajstić information content (AvgIpc) is 2.86. The number of quaternary nitrogens is 1. The van der Waals surface area contributed by atoms with Crippen molar-refractivity contribution in [3.05, 3.63) is 12.2 Å². The first kappa shape index (κ1) is 17.4. The van der Waals surface area contributed by atoms with Crippen molar-refractivity contribution in [1.82, 2.24) is 0 Å². The molecule has 0 saturated carbocycles. The molecular weight excluding hydrogens is 248 g/mol. The molecule has 0 aliphatic carbocycles. The summed E-state index contributed by atoms with van der Waals surface area (Å²) in [6.45, 7) is 8.65. The predicted octanol–water partition coefficient (Wildman–Crippen LogP) is 3.53. The van der Waals surface area contributed by atoms with Gasteiger partial charge in [-0.2, -0.15) is 0 Å². The number of unbranched alkanes of at least 4 members (excludes halogenated alkanes) is 4. The van der Waals surface area contributed by atoms with Gasteiger partial charge in [-0.3, -0.25) is 4.48 Å². The maximum Gasteiger partial charge on any atom is 0.198 e. The number of allylic oxidation sites excluding steroid dienone is 2. The van der Waals surface area contributed by atoms with Crippen LogP contribution < -0.4 is 0 Å². The van der Waals surface area contributed by atoms with Gasteiger partial charge >= 0.3 is 0 Å². The molecule has 1 unspecified atom stereocenters. The lowest BCUT2D eigenvalue weighted by Crippen LogP contribution is -2.52. The highest BCUT2D eigenvalue weighted by molar-refractivity contribution is 5.76. The monoisotopic (exact) mass is 281 g/mol. The van der Waals surface area contributed by atoms with Crippen LogP contribution in [-0.4, -0.2) is 48.2 Å². The third kappa shape index (κ3) is 5.37. The second-order valence-corrected chi connectivity index (χ2v) is 5.79. The van der Waals surface area contributed by atoms with Gasteiger partial charge in [0.25, 0.3) is 0 Å². The van der Waals surface area contributed by atoms with Crippen molar-refractivity contribution in [2.24, 2.45) is 4.99 Å². The van der Waals surface area contributed by atoms with Gasteiger partial charge in [0.2, 0.25) is 0 Å². The van der Waals surface area contributed by atoms with E-state index in [1.807, 2.05) is 0 Å². The molecule has 0 amide bonds. The Hall–Kier alpha value is -0.670. The van der Waals surface area contributed by atoms with Crippen LogP contribution in [0, 0.1) is 0 Å². The quantitative estimate of drug-likeness (QED) is 0.351. The zero-order valence-electron chi connectivity index (χ0n) is 13.5. The number of aliphatic hydroxyl groups is 1. The average molecular weight is 281 g/mol. The van der Waals surface area contributed by atoms with Gasteiger partial charge in [0.15, 0.2) is 5.84 Å². The summed E-state index contributed by atoms with van der Waals surface area (Å²) >= 11 is 0. The van der Waals surface area contributed by atoms with Gasteiger partial charge in [-0.15, -0.1) is 0 Å². The van der Waals surface area contributed by atoms with Crippen molar-refractivity contribution in [3.8, 4) is 0 Å². The Bertz CT molecular complexity index is 312. The molecule has 3 heteroatoms. The molecule has 1 heterocycles. The Kier molecular flexibility index (Phi) is 8.79. The molecule has 20 heavy (non-hydrogen) atoms. The minimum absolute atomic E-state index is 0.268. The van der Waals surface area contributed by atoms with E-state index < -0.39 is 0 Å². The third-order valence-corrected chi connectivity index (χ3v) is 4.42. The Morgan fingerprint density at radius 1 is 1.15 bits per heavy atom. The molecule has 1 rings (SSSR count). The maximum atomic E-state index is 9.27. The van der Waals surface area contributed by atoms with E-state index in [0.717, 1.165) is 43.5 Å². The molecular formula is C17H33N2O+. The second kappa shape index (κ2) is 10.1. The van der Waals surface area contributed by atoms with Crippen LogP contribution in [0.3, 0.4) is 0 Å². The number of amidine groups is 1. The first-order chi connectivity index (χ1) is 9.79. The lowest BCUT2D eigenvalue weighted by molar-refractivity contribution is -0.835. The van der Waals surface area contributed by atoms with Crippen molar-refractivity contribution in [3.63, 3.8) is 0 Å². The maximum absolute atomic E-state index is 9.27. The third-order valence-electron chi connectivity index (χ3n) is 4.42. The summed E-state index contributed by atoms with van der Waals surface area (Å²) < 4.78 is 0.927. The van der Waals surface area contributed by atoms with Gasteiger partial charge in [0.05, 0.1) is 19.7 Å². The summed E-state index contributed by atoms with van der Waals surface area (Å²) in [7, 11) is 0. The zero-order chi connectivity index (χ0) is 14.7. The van der Waals surface area contributed by atoms with E-state index in [2.05, 4.69) is 26.0 Å². The molecule has 0 aromatic carbocycles. The molecule has 0 radical (unpaired) electrons. The molecule has 0 fully saturated rings. The van der Waals surface area contributed by atoms with Crippen LogP contribution >= 0.6 is 0 Å². The standard InChI is InChI=1S/C17H33N2O/c1-3-5-6-7-8-9-10-11-12-17-18-13-14-19(17,4-2)15-16-20/h8-9,20H,3-7,10-16H2,1-2H3/q+1/b9-8+. The van der Waals surface area contributed by atoms with Crippen molar-refractivity contribution >= 4 is 5.84 Å². The van der Waals surface area contributed by atoms with E-state index in [1.165, 1.54) is 37.9 Å². The number of rotatable bonds is 11. The van der Waals surface area contributed by atoms with Gasteiger partial charge in [0.1, 0.15) is 13.1 Å². The smallest absolute Gasteiger partial charge is 0.198 e. The fourth-order valence-electron chi connectivity index (χ4n) is 3.02. The summed E-state index contributed by atoms with van der Waals surface area (Å²) in [5.74, 6) is 1.32. The molecule has 3 nitrogen and oxygen atoms in total. The summed E-state index contributed by atoms with van der Waals surface area (Å²) in [4.78, 5) is 4.69. The van der Waals surface area contributed by atoms with Crippen molar-refractivity contribution in [1.29, 1.82) is 0 Å². The Balaban J connectivity index is 2.24. The number of aliphatic imine (C=N–C) groups is 1. The topological polar surface area (TPSA) is 32.6 Å². The Morgan fingerprint density at radius 3 is 2.55 bits per heavy atom. The molecule has 1 N–H and O–H groups in total. The number of hydrogen-bond acceptors (Lipinski definition) is 2. The normalized spacial score (nSPS) is 22.6. The molecule has 0 saturated heterocycles. The van der Waals surface area contributed by atoms with Crippen LogP contribution in [0.2, 0.25) is 0 Å².